The Balaban J connectivity index is 3.21. The molecule has 0 saturated carbocycles. The van der Waals surface area contributed by atoms with E-state index < -0.39 is 8.32 Å². The fourth-order valence-electron chi connectivity index (χ4n) is 1.29. The first kappa shape index (κ1) is 12.3. The van der Waals surface area contributed by atoms with Gasteiger partial charge < -0.3 is 4.43 Å². The predicted molar refractivity (Wildman–Crippen MR) is 65.6 cm³/mol. The normalized spacial score (nSPS) is 11.3. The fourth-order valence-corrected chi connectivity index (χ4v) is 2.46. The monoisotopic (exact) mass is 242 g/mol. The lowest BCUT2D eigenvalue weighted by atomic mass is 10.1. The molecule has 0 aliphatic heterocycles. The third-order valence-corrected chi connectivity index (χ3v) is 2.84. The summed E-state index contributed by atoms with van der Waals surface area (Å²) < 4.78 is 5.86. The Morgan fingerprint density at radius 2 is 1.93 bits per heavy atom. The molecule has 0 amide bonds. The van der Waals surface area contributed by atoms with Gasteiger partial charge in [-0.3, -0.25) is 4.79 Å². The van der Waals surface area contributed by atoms with Crippen molar-refractivity contribution in [2.75, 3.05) is 0 Å². The standard InChI is InChI=1S/C11H15ClO2Si/c1-8-5-10(12)6-9(7-13)11(8)14-15(2,3)4/h5-7H,1-4H3. The van der Waals surface area contributed by atoms with Gasteiger partial charge in [-0.15, -0.1) is 0 Å². The molecular weight excluding hydrogens is 228 g/mol. The lowest BCUT2D eigenvalue weighted by Crippen LogP contribution is -2.30. The largest absolute Gasteiger partial charge is 0.544 e. The van der Waals surface area contributed by atoms with Crippen molar-refractivity contribution in [3.8, 4) is 5.75 Å². The van der Waals surface area contributed by atoms with Crippen LogP contribution in [0, 0.1) is 6.92 Å². The fraction of sp³-hybridized carbons (Fsp3) is 0.364. The summed E-state index contributed by atoms with van der Waals surface area (Å²) in [6.07, 6.45) is 0.786. The van der Waals surface area contributed by atoms with Crippen molar-refractivity contribution in [2.24, 2.45) is 0 Å². The van der Waals surface area contributed by atoms with Crippen molar-refractivity contribution in [1.82, 2.24) is 0 Å². The van der Waals surface area contributed by atoms with Crippen LogP contribution in [0.4, 0.5) is 0 Å². The molecule has 82 valence electrons. The van der Waals surface area contributed by atoms with Gasteiger partial charge in [-0.25, -0.2) is 0 Å². The number of carbonyl (C=O) groups is 1. The topological polar surface area (TPSA) is 26.3 Å². The first-order valence-corrected chi connectivity index (χ1v) is 8.56. The predicted octanol–water partition coefficient (Wildman–Crippen LogP) is 3.67. The summed E-state index contributed by atoms with van der Waals surface area (Å²) in [5.74, 6) is 0.675. The van der Waals surface area contributed by atoms with E-state index in [0.717, 1.165) is 11.8 Å². The van der Waals surface area contributed by atoms with Gasteiger partial charge in [0.1, 0.15) is 5.75 Å². The minimum absolute atomic E-state index is 0.530. The van der Waals surface area contributed by atoms with E-state index in [9.17, 15) is 4.79 Å². The molecule has 4 heteroatoms. The molecule has 0 bridgehead atoms. The molecular formula is C11H15ClO2Si. The summed E-state index contributed by atoms with van der Waals surface area (Å²) in [7, 11) is -1.70. The maximum absolute atomic E-state index is 10.9. The molecule has 1 aromatic carbocycles. The molecule has 0 aliphatic rings. The summed E-state index contributed by atoms with van der Waals surface area (Å²) in [4.78, 5) is 10.9. The van der Waals surface area contributed by atoms with Crippen LogP contribution >= 0.6 is 11.6 Å². The quantitative estimate of drug-likeness (QED) is 0.597. The highest BCUT2D eigenvalue weighted by atomic mass is 35.5. The zero-order chi connectivity index (χ0) is 11.6. The Bertz CT molecular complexity index is 383. The summed E-state index contributed by atoms with van der Waals surface area (Å²) in [5.41, 5.74) is 1.44. The molecule has 0 aliphatic carbocycles. The molecule has 0 N–H and O–H groups in total. The van der Waals surface area contributed by atoms with E-state index in [4.69, 9.17) is 16.0 Å². The average Bonchev–Trinajstić information content (AvgIpc) is 2.07. The first-order valence-electron chi connectivity index (χ1n) is 4.78. The van der Waals surface area contributed by atoms with Gasteiger partial charge in [0.2, 0.25) is 8.32 Å². The van der Waals surface area contributed by atoms with Crippen molar-refractivity contribution < 1.29 is 9.22 Å². The lowest BCUT2D eigenvalue weighted by molar-refractivity contribution is 0.112. The van der Waals surface area contributed by atoms with E-state index in [1.807, 2.05) is 13.0 Å². The summed E-state index contributed by atoms with van der Waals surface area (Å²) in [6, 6.07) is 3.45. The summed E-state index contributed by atoms with van der Waals surface area (Å²) >= 11 is 5.87. The van der Waals surface area contributed by atoms with Crippen LogP contribution in [-0.2, 0) is 0 Å². The minimum atomic E-state index is -1.70. The number of halogens is 1. The zero-order valence-electron chi connectivity index (χ0n) is 9.43. The van der Waals surface area contributed by atoms with Gasteiger partial charge >= 0.3 is 0 Å². The summed E-state index contributed by atoms with van der Waals surface area (Å²) in [6.45, 7) is 8.13. The molecule has 15 heavy (non-hydrogen) atoms. The minimum Gasteiger partial charge on any atom is -0.544 e. The van der Waals surface area contributed by atoms with Gasteiger partial charge in [-0.1, -0.05) is 11.6 Å². The molecule has 0 aromatic heterocycles. The maximum atomic E-state index is 10.9. The highest BCUT2D eigenvalue weighted by Gasteiger charge is 2.19. The van der Waals surface area contributed by atoms with Crippen LogP contribution in [0.3, 0.4) is 0 Å². The van der Waals surface area contributed by atoms with Gasteiger partial charge in [-0.05, 0) is 44.3 Å². The maximum Gasteiger partial charge on any atom is 0.242 e. The molecule has 2 nitrogen and oxygen atoms in total. The van der Waals surface area contributed by atoms with E-state index in [0.29, 0.717) is 16.3 Å². The van der Waals surface area contributed by atoms with Crippen molar-refractivity contribution in [3.05, 3.63) is 28.3 Å². The van der Waals surface area contributed by atoms with Crippen LogP contribution < -0.4 is 4.43 Å². The van der Waals surface area contributed by atoms with Crippen LogP contribution in [0.5, 0.6) is 5.75 Å². The average molecular weight is 243 g/mol. The van der Waals surface area contributed by atoms with E-state index in [1.54, 1.807) is 6.07 Å². The van der Waals surface area contributed by atoms with Crippen molar-refractivity contribution in [1.29, 1.82) is 0 Å². The molecule has 0 fully saturated rings. The SMILES string of the molecule is Cc1cc(Cl)cc(C=O)c1O[Si](C)(C)C. The molecule has 1 rings (SSSR count). The molecule has 1 aromatic rings. The Hall–Kier alpha value is -0.803. The second-order valence-electron chi connectivity index (χ2n) is 4.47. The zero-order valence-corrected chi connectivity index (χ0v) is 11.2. The van der Waals surface area contributed by atoms with Crippen LogP contribution in [-0.4, -0.2) is 14.6 Å². The second-order valence-corrected chi connectivity index (χ2v) is 9.34. The van der Waals surface area contributed by atoms with Crippen LogP contribution in [0.25, 0.3) is 0 Å². The van der Waals surface area contributed by atoms with Gasteiger partial charge in [0.05, 0.1) is 5.56 Å². The molecule has 0 saturated heterocycles. The highest BCUT2D eigenvalue weighted by Crippen LogP contribution is 2.28. The Labute approximate surface area is 96.3 Å². The number of aldehydes is 1. The number of rotatable bonds is 3. The van der Waals surface area contributed by atoms with Gasteiger partial charge in [0.15, 0.2) is 6.29 Å². The number of carbonyl (C=O) groups excluding carboxylic acids is 1. The second kappa shape index (κ2) is 4.37. The van der Waals surface area contributed by atoms with Gasteiger partial charge in [0, 0.05) is 5.02 Å². The van der Waals surface area contributed by atoms with E-state index in [-0.39, 0.29) is 0 Å². The van der Waals surface area contributed by atoms with Gasteiger partial charge in [0.25, 0.3) is 0 Å². The summed E-state index contributed by atoms with van der Waals surface area (Å²) in [5, 5.41) is 0.567. The molecule has 0 unspecified atom stereocenters. The van der Waals surface area contributed by atoms with Crippen LogP contribution in [0.1, 0.15) is 15.9 Å². The highest BCUT2D eigenvalue weighted by molar-refractivity contribution is 6.70. The molecule has 0 radical (unpaired) electrons. The third kappa shape index (κ3) is 3.36. The van der Waals surface area contributed by atoms with Crippen molar-refractivity contribution in [2.45, 2.75) is 26.6 Å². The Morgan fingerprint density at radius 3 is 2.40 bits per heavy atom. The number of benzene rings is 1. The molecule has 0 heterocycles. The number of hydrogen-bond acceptors (Lipinski definition) is 2. The molecule has 0 atom stereocenters. The lowest BCUT2D eigenvalue weighted by Gasteiger charge is -2.22. The Kier molecular flexibility index (Phi) is 3.57. The van der Waals surface area contributed by atoms with Crippen molar-refractivity contribution in [3.63, 3.8) is 0 Å². The Morgan fingerprint density at radius 1 is 1.33 bits per heavy atom. The van der Waals surface area contributed by atoms with Crippen molar-refractivity contribution >= 4 is 26.2 Å². The number of aryl methyl sites for hydroxylation is 1. The smallest absolute Gasteiger partial charge is 0.242 e. The van der Waals surface area contributed by atoms with Gasteiger partial charge in [-0.2, -0.15) is 0 Å². The van der Waals surface area contributed by atoms with E-state index >= 15 is 0 Å². The first-order chi connectivity index (χ1) is 6.83. The van der Waals surface area contributed by atoms with Crippen LogP contribution in [0.2, 0.25) is 24.7 Å². The van der Waals surface area contributed by atoms with Crippen LogP contribution in [0.15, 0.2) is 12.1 Å². The third-order valence-electron chi connectivity index (χ3n) is 1.80. The van der Waals surface area contributed by atoms with E-state index in [1.165, 1.54) is 0 Å². The number of hydrogen-bond donors (Lipinski definition) is 0. The molecule has 0 spiro atoms. The van der Waals surface area contributed by atoms with E-state index in [2.05, 4.69) is 19.6 Å².